The Bertz CT molecular complexity index is 422. The van der Waals surface area contributed by atoms with Gasteiger partial charge in [0.1, 0.15) is 11.6 Å². The van der Waals surface area contributed by atoms with Crippen LogP contribution in [0.5, 0.6) is 5.88 Å². The van der Waals surface area contributed by atoms with Crippen LogP contribution in [-0.4, -0.2) is 23.1 Å². The predicted octanol–water partition coefficient (Wildman–Crippen LogP) is 3.38. The molecule has 1 fully saturated rings. The lowest BCUT2D eigenvalue weighted by Crippen LogP contribution is -2.18. The molecule has 0 atom stereocenters. The van der Waals surface area contributed by atoms with Gasteiger partial charge in [-0.25, -0.2) is 4.98 Å². The minimum Gasteiger partial charge on any atom is -0.477 e. The van der Waals surface area contributed by atoms with Gasteiger partial charge < -0.3 is 10.1 Å². The molecule has 1 N–H and O–H groups in total. The first-order valence-electron chi connectivity index (χ1n) is 7.25. The zero-order chi connectivity index (χ0) is 13.9. The van der Waals surface area contributed by atoms with Crippen molar-refractivity contribution in [3.63, 3.8) is 0 Å². The van der Waals surface area contributed by atoms with Crippen LogP contribution in [0.2, 0.25) is 0 Å². The summed E-state index contributed by atoms with van der Waals surface area (Å²) in [6.07, 6.45) is 3.66. The first kappa shape index (κ1) is 14.1. The van der Waals surface area contributed by atoms with Crippen LogP contribution in [0.4, 0.5) is 5.82 Å². The van der Waals surface area contributed by atoms with E-state index in [0.29, 0.717) is 5.88 Å². The standard InChI is InChI=1S/C15H25N3O/c1-5-8-16-12-9-13(19-10-11-6-7-11)18-14(17-12)15(2,3)4/h9,11H,5-8,10H2,1-4H3,(H,16,17,18). The van der Waals surface area contributed by atoms with Crippen molar-refractivity contribution < 1.29 is 4.74 Å². The highest BCUT2D eigenvalue weighted by Gasteiger charge is 2.23. The van der Waals surface area contributed by atoms with Gasteiger partial charge in [0.15, 0.2) is 0 Å². The average Bonchev–Trinajstić information content (AvgIpc) is 3.16. The number of hydrogen-bond acceptors (Lipinski definition) is 4. The first-order valence-corrected chi connectivity index (χ1v) is 7.25. The van der Waals surface area contributed by atoms with Crippen LogP contribution in [-0.2, 0) is 5.41 Å². The van der Waals surface area contributed by atoms with Gasteiger partial charge in [-0.2, -0.15) is 4.98 Å². The fourth-order valence-electron chi connectivity index (χ4n) is 1.67. The highest BCUT2D eigenvalue weighted by Crippen LogP contribution is 2.30. The lowest BCUT2D eigenvalue weighted by atomic mass is 9.96. The van der Waals surface area contributed by atoms with Crippen molar-refractivity contribution in [3.8, 4) is 5.88 Å². The highest BCUT2D eigenvalue weighted by atomic mass is 16.5. The lowest BCUT2D eigenvalue weighted by molar-refractivity contribution is 0.285. The van der Waals surface area contributed by atoms with Gasteiger partial charge in [0.25, 0.3) is 0 Å². The molecular formula is C15H25N3O. The van der Waals surface area contributed by atoms with E-state index >= 15 is 0 Å². The normalized spacial score (nSPS) is 15.4. The molecule has 0 aromatic carbocycles. The Labute approximate surface area is 116 Å². The van der Waals surface area contributed by atoms with Crippen molar-refractivity contribution in [3.05, 3.63) is 11.9 Å². The second-order valence-electron chi connectivity index (χ2n) is 6.35. The molecule has 0 amide bonds. The van der Waals surface area contributed by atoms with Crippen molar-refractivity contribution in [1.82, 2.24) is 9.97 Å². The van der Waals surface area contributed by atoms with Crippen molar-refractivity contribution >= 4 is 5.82 Å². The molecule has 2 rings (SSSR count). The van der Waals surface area contributed by atoms with E-state index in [1.807, 2.05) is 6.07 Å². The third-order valence-corrected chi connectivity index (χ3v) is 3.09. The number of nitrogens with zero attached hydrogens (tertiary/aromatic N) is 2. The second kappa shape index (κ2) is 5.76. The van der Waals surface area contributed by atoms with Gasteiger partial charge >= 0.3 is 0 Å². The number of ether oxygens (including phenoxy) is 1. The minimum atomic E-state index is -0.0679. The molecule has 19 heavy (non-hydrogen) atoms. The molecule has 0 radical (unpaired) electrons. The van der Waals surface area contributed by atoms with E-state index in [1.165, 1.54) is 12.8 Å². The summed E-state index contributed by atoms with van der Waals surface area (Å²) in [6.45, 7) is 10.2. The SMILES string of the molecule is CCCNc1cc(OCC2CC2)nc(C(C)(C)C)n1. The van der Waals surface area contributed by atoms with Crippen LogP contribution in [0.15, 0.2) is 6.07 Å². The highest BCUT2D eigenvalue weighted by molar-refractivity contribution is 5.39. The van der Waals surface area contributed by atoms with E-state index in [4.69, 9.17) is 4.74 Å². The summed E-state index contributed by atoms with van der Waals surface area (Å²) in [6, 6.07) is 1.91. The van der Waals surface area contributed by atoms with E-state index in [-0.39, 0.29) is 5.41 Å². The van der Waals surface area contributed by atoms with Gasteiger partial charge in [0, 0.05) is 18.0 Å². The van der Waals surface area contributed by atoms with Crippen molar-refractivity contribution in [2.75, 3.05) is 18.5 Å². The molecule has 1 heterocycles. The molecule has 4 heteroatoms. The maximum Gasteiger partial charge on any atom is 0.218 e. The third kappa shape index (κ3) is 4.37. The van der Waals surface area contributed by atoms with Gasteiger partial charge in [0.2, 0.25) is 5.88 Å². The maximum atomic E-state index is 5.80. The Morgan fingerprint density at radius 2 is 2.05 bits per heavy atom. The van der Waals surface area contributed by atoms with Gasteiger partial charge in [-0.3, -0.25) is 0 Å². The van der Waals surface area contributed by atoms with Crippen LogP contribution >= 0.6 is 0 Å². The molecule has 0 bridgehead atoms. The van der Waals surface area contributed by atoms with Gasteiger partial charge in [-0.15, -0.1) is 0 Å². The van der Waals surface area contributed by atoms with Crippen LogP contribution in [0, 0.1) is 5.92 Å². The second-order valence-corrected chi connectivity index (χ2v) is 6.35. The van der Waals surface area contributed by atoms with Gasteiger partial charge in [-0.05, 0) is 25.2 Å². The van der Waals surface area contributed by atoms with Crippen LogP contribution in [0.3, 0.4) is 0 Å². The van der Waals surface area contributed by atoms with Gasteiger partial charge in [-0.1, -0.05) is 27.7 Å². The molecule has 4 nitrogen and oxygen atoms in total. The van der Waals surface area contributed by atoms with E-state index in [2.05, 4.69) is 43.0 Å². The quantitative estimate of drug-likeness (QED) is 0.854. The molecule has 1 aromatic rings. The molecule has 0 saturated heterocycles. The molecule has 1 aliphatic carbocycles. The molecular weight excluding hydrogens is 238 g/mol. The Kier molecular flexibility index (Phi) is 4.27. The summed E-state index contributed by atoms with van der Waals surface area (Å²) in [5.74, 6) is 3.14. The number of rotatable bonds is 6. The fraction of sp³-hybridized carbons (Fsp3) is 0.733. The number of nitrogens with one attached hydrogen (secondary N) is 1. The van der Waals surface area contributed by atoms with Crippen LogP contribution in [0.25, 0.3) is 0 Å². The number of hydrogen-bond donors (Lipinski definition) is 1. The molecule has 0 unspecified atom stereocenters. The summed E-state index contributed by atoms with van der Waals surface area (Å²) in [5, 5.41) is 3.32. The van der Waals surface area contributed by atoms with Crippen molar-refractivity contribution in [1.29, 1.82) is 0 Å². The first-order chi connectivity index (χ1) is 8.99. The minimum absolute atomic E-state index is 0.0679. The van der Waals surface area contributed by atoms with E-state index in [9.17, 15) is 0 Å². The smallest absolute Gasteiger partial charge is 0.218 e. The molecule has 1 aliphatic rings. The van der Waals surface area contributed by atoms with Crippen LogP contribution < -0.4 is 10.1 Å². The zero-order valence-corrected chi connectivity index (χ0v) is 12.5. The van der Waals surface area contributed by atoms with Crippen molar-refractivity contribution in [2.45, 2.75) is 52.4 Å². The summed E-state index contributed by atoms with van der Waals surface area (Å²) >= 11 is 0. The Hall–Kier alpha value is -1.32. The summed E-state index contributed by atoms with van der Waals surface area (Å²) < 4.78 is 5.80. The Morgan fingerprint density at radius 1 is 1.32 bits per heavy atom. The Balaban J connectivity index is 2.14. The number of aromatic nitrogens is 2. The molecule has 0 spiro atoms. The largest absolute Gasteiger partial charge is 0.477 e. The maximum absolute atomic E-state index is 5.80. The molecule has 1 saturated carbocycles. The summed E-state index contributed by atoms with van der Waals surface area (Å²) in [7, 11) is 0. The molecule has 106 valence electrons. The fourth-order valence-corrected chi connectivity index (χ4v) is 1.67. The average molecular weight is 263 g/mol. The van der Waals surface area contributed by atoms with E-state index in [1.54, 1.807) is 0 Å². The lowest BCUT2D eigenvalue weighted by Gasteiger charge is -2.19. The summed E-state index contributed by atoms with van der Waals surface area (Å²) in [4.78, 5) is 9.12. The number of anilines is 1. The van der Waals surface area contributed by atoms with E-state index < -0.39 is 0 Å². The molecule has 1 aromatic heterocycles. The molecule has 0 aliphatic heterocycles. The monoisotopic (exact) mass is 263 g/mol. The topological polar surface area (TPSA) is 47.0 Å². The summed E-state index contributed by atoms with van der Waals surface area (Å²) in [5.41, 5.74) is -0.0679. The van der Waals surface area contributed by atoms with Crippen LogP contribution in [0.1, 0.15) is 52.8 Å². The Morgan fingerprint density at radius 3 is 2.63 bits per heavy atom. The van der Waals surface area contributed by atoms with E-state index in [0.717, 1.165) is 37.1 Å². The predicted molar refractivity (Wildman–Crippen MR) is 77.7 cm³/mol. The van der Waals surface area contributed by atoms with Crippen molar-refractivity contribution in [2.24, 2.45) is 5.92 Å². The van der Waals surface area contributed by atoms with Gasteiger partial charge in [0.05, 0.1) is 6.61 Å². The third-order valence-electron chi connectivity index (χ3n) is 3.09. The zero-order valence-electron chi connectivity index (χ0n) is 12.5.